The first kappa shape index (κ1) is 19.4. The van der Waals surface area contributed by atoms with Crippen molar-refractivity contribution in [2.75, 3.05) is 18.4 Å². The minimum Gasteiger partial charge on any atom is -0.343 e. The molecule has 8 nitrogen and oxygen atoms in total. The Morgan fingerprint density at radius 3 is 3.14 bits per heavy atom. The quantitative estimate of drug-likeness (QED) is 0.474. The molecular weight excluding hydrogens is 393 g/mol. The number of amides is 1. The predicted molar refractivity (Wildman–Crippen MR) is 111 cm³/mol. The highest BCUT2D eigenvalue weighted by Gasteiger charge is 2.25. The molecule has 0 aromatic carbocycles. The van der Waals surface area contributed by atoms with Crippen LogP contribution in [0.15, 0.2) is 36.3 Å². The molecule has 0 aliphatic carbocycles. The van der Waals surface area contributed by atoms with Gasteiger partial charge in [0.25, 0.3) is 0 Å². The van der Waals surface area contributed by atoms with E-state index in [0.29, 0.717) is 35.1 Å². The summed E-state index contributed by atoms with van der Waals surface area (Å²) in [5.74, 6) is -0.0960. The lowest BCUT2D eigenvalue weighted by Crippen LogP contribution is -2.40. The first-order valence-corrected chi connectivity index (χ1v) is 10.4. The number of aryl methyl sites for hydroxylation is 1. The van der Waals surface area contributed by atoms with E-state index in [1.54, 1.807) is 15.8 Å². The number of hydrogen-bond donors (Lipinski definition) is 2. The number of anilines is 2. The second-order valence-electron chi connectivity index (χ2n) is 6.79. The Kier molecular flexibility index (Phi) is 5.52. The second-order valence-corrected chi connectivity index (χ2v) is 8.08. The van der Waals surface area contributed by atoms with Crippen molar-refractivity contribution in [2.24, 2.45) is 0 Å². The summed E-state index contributed by atoms with van der Waals surface area (Å²) < 4.78 is 16.2. The fourth-order valence-corrected chi connectivity index (χ4v) is 4.66. The lowest BCUT2D eigenvalue weighted by molar-refractivity contribution is -0.126. The van der Waals surface area contributed by atoms with E-state index in [2.05, 4.69) is 31.9 Å². The van der Waals surface area contributed by atoms with Gasteiger partial charge in [0.05, 0.1) is 17.3 Å². The Balaban J connectivity index is 1.61. The molecule has 0 spiro atoms. The summed E-state index contributed by atoms with van der Waals surface area (Å²) >= 11 is 1.48. The Morgan fingerprint density at radius 2 is 2.38 bits per heavy atom. The van der Waals surface area contributed by atoms with Gasteiger partial charge in [-0.25, -0.2) is 9.37 Å². The number of carbonyl (C=O) groups is 1. The van der Waals surface area contributed by atoms with Gasteiger partial charge in [-0.3, -0.25) is 9.48 Å². The molecule has 0 bridgehead atoms. The Bertz CT molecular complexity index is 1050. The maximum absolute atomic E-state index is 14.4. The van der Waals surface area contributed by atoms with Crippen LogP contribution in [-0.4, -0.2) is 53.9 Å². The fraction of sp³-hybridized carbons (Fsp3) is 0.368. The van der Waals surface area contributed by atoms with Gasteiger partial charge >= 0.3 is 0 Å². The highest BCUT2D eigenvalue weighted by Crippen LogP contribution is 2.35. The first-order chi connectivity index (χ1) is 14.1. The third-order valence-corrected chi connectivity index (χ3v) is 6.04. The average molecular weight is 415 g/mol. The Labute approximate surface area is 171 Å². The molecule has 29 heavy (non-hydrogen) atoms. The summed E-state index contributed by atoms with van der Waals surface area (Å²) in [5, 5.41) is 8.41. The summed E-state index contributed by atoms with van der Waals surface area (Å²) in [6.45, 7) is 7.62. The topological polar surface area (TPSA) is 91.7 Å². The molecule has 4 heterocycles. The van der Waals surface area contributed by atoms with E-state index in [0.717, 1.165) is 25.1 Å². The van der Waals surface area contributed by atoms with Gasteiger partial charge in [-0.2, -0.15) is 10.1 Å². The van der Waals surface area contributed by atoms with Gasteiger partial charge in [0, 0.05) is 37.3 Å². The smallest absolute Gasteiger partial charge is 0.245 e. The van der Waals surface area contributed by atoms with E-state index >= 15 is 0 Å². The number of hydrogen-bond acceptors (Lipinski definition) is 6. The van der Waals surface area contributed by atoms with Crippen LogP contribution in [0.5, 0.6) is 0 Å². The Morgan fingerprint density at radius 1 is 1.52 bits per heavy atom. The van der Waals surface area contributed by atoms with Crippen LogP contribution in [-0.2, 0) is 11.3 Å². The third-order valence-electron chi connectivity index (χ3n) is 4.81. The number of piperidine rings is 1. The van der Waals surface area contributed by atoms with Crippen molar-refractivity contribution >= 4 is 40.3 Å². The molecule has 0 radical (unpaired) electrons. The van der Waals surface area contributed by atoms with Crippen molar-refractivity contribution < 1.29 is 9.18 Å². The number of aromatic nitrogens is 5. The van der Waals surface area contributed by atoms with E-state index < -0.39 is 0 Å². The summed E-state index contributed by atoms with van der Waals surface area (Å²) in [6, 6.07) is 0. The lowest BCUT2D eigenvalue weighted by atomic mass is 10.1. The molecule has 4 rings (SSSR count). The van der Waals surface area contributed by atoms with Crippen LogP contribution in [0.3, 0.4) is 0 Å². The summed E-state index contributed by atoms with van der Waals surface area (Å²) in [5.41, 5.74) is 1.19. The van der Waals surface area contributed by atoms with Crippen LogP contribution in [0, 0.1) is 5.82 Å². The highest BCUT2D eigenvalue weighted by molar-refractivity contribution is 8.00. The predicted octanol–water partition coefficient (Wildman–Crippen LogP) is 3.33. The number of carbonyl (C=O) groups excluding carboxylic acids is 1. The molecule has 1 fully saturated rings. The Hall–Kier alpha value is -2.88. The standard InChI is InChI=1S/C19H22FN7OS/c1-3-15(28)26-7-5-6-13(11-26)29-18-16-14(20)9-21-17(16)24-19(25-18)23-12-8-22-27(4-2)10-12/h3,8-10,13H,1,4-7,11H2,2H3,(H2,21,23,24,25). The minimum atomic E-state index is -0.386. The molecule has 1 atom stereocenters. The van der Waals surface area contributed by atoms with Crippen molar-refractivity contribution in [3.05, 3.63) is 37.1 Å². The number of aromatic amines is 1. The molecule has 1 saturated heterocycles. The van der Waals surface area contributed by atoms with E-state index in [1.165, 1.54) is 24.0 Å². The minimum absolute atomic E-state index is 0.0775. The number of thioether (sulfide) groups is 1. The molecule has 1 aliphatic rings. The van der Waals surface area contributed by atoms with Gasteiger partial charge in [0.1, 0.15) is 10.7 Å². The zero-order valence-corrected chi connectivity index (χ0v) is 16.9. The van der Waals surface area contributed by atoms with Crippen LogP contribution in [0.1, 0.15) is 19.8 Å². The van der Waals surface area contributed by atoms with Crippen molar-refractivity contribution in [2.45, 2.75) is 36.6 Å². The van der Waals surface area contributed by atoms with Gasteiger partial charge in [-0.05, 0) is 25.8 Å². The van der Waals surface area contributed by atoms with Gasteiger partial charge in [-0.1, -0.05) is 6.58 Å². The van der Waals surface area contributed by atoms with Crippen LogP contribution in [0.4, 0.5) is 16.0 Å². The molecule has 0 saturated carbocycles. The van der Waals surface area contributed by atoms with E-state index in [-0.39, 0.29) is 17.0 Å². The molecule has 10 heteroatoms. The van der Waals surface area contributed by atoms with Crippen molar-refractivity contribution in [3.63, 3.8) is 0 Å². The molecule has 1 unspecified atom stereocenters. The van der Waals surface area contributed by atoms with Crippen LogP contribution in [0.25, 0.3) is 11.0 Å². The maximum Gasteiger partial charge on any atom is 0.245 e. The molecular formula is C19H22FN7OS. The number of rotatable bonds is 6. The van der Waals surface area contributed by atoms with E-state index in [9.17, 15) is 9.18 Å². The number of nitrogens with one attached hydrogen (secondary N) is 2. The van der Waals surface area contributed by atoms with Gasteiger partial charge in [-0.15, -0.1) is 11.8 Å². The number of fused-ring (bicyclic) bond motifs is 1. The maximum atomic E-state index is 14.4. The summed E-state index contributed by atoms with van der Waals surface area (Å²) in [7, 11) is 0. The average Bonchev–Trinajstić information content (AvgIpc) is 3.34. The number of halogens is 1. The normalized spacial score (nSPS) is 16.9. The van der Waals surface area contributed by atoms with Gasteiger partial charge in [0.15, 0.2) is 5.82 Å². The van der Waals surface area contributed by atoms with Crippen molar-refractivity contribution in [1.29, 1.82) is 0 Å². The van der Waals surface area contributed by atoms with Crippen LogP contribution < -0.4 is 5.32 Å². The van der Waals surface area contributed by atoms with Gasteiger partial charge in [0.2, 0.25) is 11.9 Å². The first-order valence-electron chi connectivity index (χ1n) is 9.49. The fourth-order valence-electron chi connectivity index (χ4n) is 3.36. The molecule has 2 N–H and O–H groups in total. The molecule has 1 amide bonds. The highest BCUT2D eigenvalue weighted by atomic mass is 32.2. The SMILES string of the molecule is C=CC(=O)N1CCCC(Sc2nc(Nc3cnn(CC)c3)nc3[nH]cc(F)c23)C1. The largest absolute Gasteiger partial charge is 0.343 e. The summed E-state index contributed by atoms with van der Waals surface area (Å²) in [6.07, 6.45) is 7.99. The summed E-state index contributed by atoms with van der Waals surface area (Å²) in [4.78, 5) is 25.6. The second kappa shape index (κ2) is 8.24. The molecule has 1 aliphatic heterocycles. The zero-order valence-electron chi connectivity index (χ0n) is 16.1. The number of H-pyrrole nitrogens is 1. The van der Waals surface area contributed by atoms with Crippen LogP contribution >= 0.6 is 11.8 Å². The molecule has 3 aromatic heterocycles. The van der Waals surface area contributed by atoms with Crippen molar-refractivity contribution in [3.8, 4) is 0 Å². The third kappa shape index (κ3) is 4.12. The lowest BCUT2D eigenvalue weighted by Gasteiger charge is -2.31. The monoisotopic (exact) mass is 415 g/mol. The number of likely N-dealkylation sites (tertiary alicyclic amines) is 1. The van der Waals surface area contributed by atoms with E-state index in [4.69, 9.17) is 0 Å². The van der Waals surface area contributed by atoms with Crippen molar-refractivity contribution in [1.82, 2.24) is 29.6 Å². The zero-order chi connectivity index (χ0) is 20.4. The van der Waals surface area contributed by atoms with Crippen LogP contribution in [0.2, 0.25) is 0 Å². The van der Waals surface area contributed by atoms with E-state index in [1.807, 2.05) is 13.1 Å². The number of nitrogens with zero attached hydrogens (tertiary/aromatic N) is 5. The van der Waals surface area contributed by atoms with Gasteiger partial charge < -0.3 is 15.2 Å². The molecule has 152 valence electrons. The molecule has 3 aromatic rings.